The number of ketones is 1. The number of halogens is 1. The van der Waals surface area contributed by atoms with Gasteiger partial charge < -0.3 is 0 Å². The van der Waals surface area contributed by atoms with Crippen LogP contribution in [0, 0.1) is 0 Å². The zero-order valence-electron chi connectivity index (χ0n) is 6.46. The second-order valence-electron chi connectivity index (χ2n) is 2.31. The van der Waals surface area contributed by atoms with E-state index in [4.69, 9.17) is 11.6 Å². The molecule has 1 aromatic rings. The van der Waals surface area contributed by atoms with Gasteiger partial charge in [-0.05, 0) is 17.7 Å². The second-order valence-corrected chi connectivity index (χ2v) is 2.72. The molecule has 0 N–H and O–H groups in total. The number of carbonyl (C=O) groups excluding carboxylic acids is 1. The van der Waals surface area contributed by atoms with Crippen LogP contribution in [0.25, 0.3) is 0 Å². The van der Waals surface area contributed by atoms with Crippen LogP contribution < -0.4 is 0 Å². The van der Waals surface area contributed by atoms with Gasteiger partial charge in [-0.3, -0.25) is 9.78 Å². The minimum Gasteiger partial charge on any atom is -0.295 e. The molecule has 0 fully saturated rings. The van der Waals surface area contributed by atoms with E-state index in [1.54, 1.807) is 12.3 Å². The molecule has 1 rings (SSSR count). The largest absolute Gasteiger partial charge is 0.295 e. The van der Waals surface area contributed by atoms with Crippen LogP contribution in [0.1, 0.15) is 5.56 Å². The van der Waals surface area contributed by atoms with Crippen LogP contribution in [0.4, 0.5) is 0 Å². The Balaban J connectivity index is 2.82. The van der Waals surface area contributed by atoms with Crippen molar-refractivity contribution in [2.24, 2.45) is 0 Å². The summed E-state index contributed by atoms with van der Waals surface area (Å²) in [5, 5.41) is 0.521. The third-order valence-corrected chi connectivity index (χ3v) is 1.79. The minimum atomic E-state index is -0.0388. The van der Waals surface area contributed by atoms with Crippen molar-refractivity contribution in [2.45, 2.75) is 6.42 Å². The van der Waals surface area contributed by atoms with E-state index in [9.17, 15) is 4.79 Å². The molecule has 0 saturated heterocycles. The third-order valence-electron chi connectivity index (χ3n) is 1.45. The Hall–Kier alpha value is -1.15. The predicted octanol–water partition coefficient (Wildman–Crippen LogP) is 2.03. The molecule has 0 saturated carbocycles. The summed E-state index contributed by atoms with van der Waals surface area (Å²) in [6.45, 7) is 3.38. The van der Waals surface area contributed by atoms with Gasteiger partial charge in [-0.1, -0.05) is 18.2 Å². The van der Waals surface area contributed by atoms with Gasteiger partial charge in [0.25, 0.3) is 0 Å². The lowest BCUT2D eigenvalue weighted by molar-refractivity contribution is -0.114. The van der Waals surface area contributed by atoms with Crippen LogP contribution in [0.5, 0.6) is 0 Å². The number of hydrogen-bond acceptors (Lipinski definition) is 2. The monoisotopic (exact) mass is 181 g/mol. The summed E-state index contributed by atoms with van der Waals surface area (Å²) < 4.78 is 0. The van der Waals surface area contributed by atoms with Crippen molar-refractivity contribution in [1.29, 1.82) is 0 Å². The number of rotatable bonds is 3. The second kappa shape index (κ2) is 4.02. The highest BCUT2D eigenvalue weighted by Gasteiger charge is 2.02. The van der Waals surface area contributed by atoms with Crippen LogP contribution in [0.2, 0.25) is 5.02 Å². The van der Waals surface area contributed by atoms with E-state index < -0.39 is 0 Å². The Kier molecular flexibility index (Phi) is 3.00. The standard InChI is InChI=1S/C9H8ClNO/c1-2-8(12)5-7-3-4-11-6-9(7)10/h2-4,6H,1,5H2. The van der Waals surface area contributed by atoms with E-state index in [1.807, 2.05) is 0 Å². The Morgan fingerprint density at radius 1 is 1.75 bits per heavy atom. The fourth-order valence-corrected chi connectivity index (χ4v) is 0.993. The summed E-state index contributed by atoms with van der Waals surface area (Å²) in [6, 6.07) is 1.73. The number of carbonyl (C=O) groups is 1. The molecule has 0 spiro atoms. The van der Waals surface area contributed by atoms with Crippen LogP contribution in [-0.4, -0.2) is 10.8 Å². The summed E-state index contributed by atoms with van der Waals surface area (Å²) >= 11 is 5.78. The molecule has 12 heavy (non-hydrogen) atoms. The maximum absolute atomic E-state index is 10.9. The highest BCUT2D eigenvalue weighted by Crippen LogP contribution is 2.13. The van der Waals surface area contributed by atoms with E-state index in [-0.39, 0.29) is 5.78 Å². The molecule has 0 bridgehead atoms. The first kappa shape index (κ1) is 8.94. The van der Waals surface area contributed by atoms with Crippen LogP contribution >= 0.6 is 11.6 Å². The molecule has 0 aliphatic rings. The molecular formula is C9H8ClNO. The molecule has 0 aromatic carbocycles. The van der Waals surface area contributed by atoms with Gasteiger partial charge in [0.15, 0.2) is 5.78 Å². The molecule has 1 heterocycles. The molecule has 0 atom stereocenters. The van der Waals surface area contributed by atoms with Crippen LogP contribution in [-0.2, 0) is 11.2 Å². The van der Waals surface area contributed by atoms with E-state index in [2.05, 4.69) is 11.6 Å². The SMILES string of the molecule is C=CC(=O)Cc1ccncc1Cl. The first-order valence-corrected chi connectivity index (χ1v) is 3.85. The van der Waals surface area contributed by atoms with Gasteiger partial charge in [0.05, 0.1) is 5.02 Å². The maximum atomic E-state index is 10.9. The van der Waals surface area contributed by atoms with Crippen LogP contribution in [0.3, 0.4) is 0 Å². The Morgan fingerprint density at radius 2 is 2.50 bits per heavy atom. The Bertz CT molecular complexity index is 309. The zero-order chi connectivity index (χ0) is 8.97. The molecule has 0 radical (unpaired) electrons. The lowest BCUT2D eigenvalue weighted by Crippen LogP contribution is -1.98. The molecular weight excluding hydrogens is 174 g/mol. The molecule has 0 aliphatic carbocycles. The van der Waals surface area contributed by atoms with Crippen molar-refractivity contribution in [3.05, 3.63) is 41.7 Å². The van der Waals surface area contributed by atoms with Gasteiger partial charge in [0, 0.05) is 18.8 Å². The van der Waals surface area contributed by atoms with Crippen LogP contribution in [0.15, 0.2) is 31.1 Å². The molecule has 62 valence electrons. The lowest BCUT2D eigenvalue weighted by atomic mass is 10.1. The fourth-order valence-electron chi connectivity index (χ4n) is 0.807. The quantitative estimate of drug-likeness (QED) is 0.668. The molecule has 3 heteroatoms. The first-order valence-electron chi connectivity index (χ1n) is 3.47. The van der Waals surface area contributed by atoms with Crippen molar-refractivity contribution in [1.82, 2.24) is 4.98 Å². The predicted molar refractivity (Wildman–Crippen MR) is 48.2 cm³/mol. The van der Waals surface area contributed by atoms with Crippen molar-refractivity contribution < 1.29 is 4.79 Å². The summed E-state index contributed by atoms with van der Waals surface area (Å²) in [5.41, 5.74) is 0.788. The number of nitrogens with zero attached hydrogens (tertiary/aromatic N) is 1. The molecule has 1 aromatic heterocycles. The zero-order valence-corrected chi connectivity index (χ0v) is 7.21. The van der Waals surface area contributed by atoms with Gasteiger partial charge >= 0.3 is 0 Å². The van der Waals surface area contributed by atoms with Crippen molar-refractivity contribution in [3.8, 4) is 0 Å². The third kappa shape index (κ3) is 2.17. The lowest BCUT2D eigenvalue weighted by Gasteiger charge is -1.98. The summed E-state index contributed by atoms with van der Waals surface area (Å²) in [7, 11) is 0. The van der Waals surface area contributed by atoms with E-state index >= 15 is 0 Å². The number of aromatic nitrogens is 1. The van der Waals surface area contributed by atoms with Gasteiger partial charge in [-0.25, -0.2) is 0 Å². The maximum Gasteiger partial charge on any atom is 0.159 e. The van der Waals surface area contributed by atoms with Gasteiger partial charge in [0.1, 0.15) is 0 Å². The van der Waals surface area contributed by atoms with Crippen molar-refractivity contribution in [2.75, 3.05) is 0 Å². The Morgan fingerprint density at radius 3 is 3.08 bits per heavy atom. The number of pyridine rings is 1. The van der Waals surface area contributed by atoms with E-state index in [1.165, 1.54) is 12.3 Å². The number of hydrogen-bond donors (Lipinski definition) is 0. The summed E-state index contributed by atoms with van der Waals surface area (Å²) in [5.74, 6) is -0.0388. The number of allylic oxidation sites excluding steroid dienone is 1. The molecule has 2 nitrogen and oxygen atoms in total. The highest BCUT2D eigenvalue weighted by atomic mass is 35.5. The smallest absolute Gasteiger partial charge is 0.159 e. The van der Waals surface area contributed by atoms with Gasteiger partial charge in [-0.15, -0.1) is 0 Å². The Labute approximate surface area is 75.9 Å². The van der Waals surface area contributed by atoms with Crippen molar-refractivity contribution in [3.63, 3.8) is 0 Å². The summed E-state index contributed by atoms with van der Waals surface area (Å²) in [4.78, 5) is 14.7. The first-order chi connectivity index (χ1) is 5.74. The average Bonchev–Trinajstić information content (AvgIpc) is 2.09. The molecule has 0 amide bonds. The minimum absolute atomic E-state index is 0.0388. The molecule has 0 aliphatic heterocycles. The van der Waals surface area contributed by atoms with Gasteiger partial charge in [-0.2, -0.15) is 0 Å². The fraction of sp³-hybridized carbons (Fsp3) is 0.111. The summed E-state index contributed by atoms with van der Waals surface area (Å²) in [6.07, 6.45) is 4.71. The van der Waals surface area contributed by atoms with E-state index in [0.717, 1.165) is 5.56 Å². The normalized spacial score (nSPS) is 9.42. The topological polar surface area (TPSA) is 30.0 Å². The average molecular weight is 182 g/mol. The van der Waals surface area contributed by atoms with Gasteiger partial charge in [0.2, 0.25) is 0 Å². The molecule has 0 unspecified atom stereocenters. The highest BCUT2D eigenvalue weighted by molar-refractivity contribution is 6.31. The van der Waals surface area contributed by atoms with E-state index in [0.29, 0.717) is 11.4 Å². The van der Waals surface area contributed by atoms with Crippen molar-refractivity contribution >= 4 is 17.4 Å².